The van der Waals surface area contributed by atoms with Crippen molar-refractivity contribution in [3.8, 4) is 11.3 Å². The first kappa shape index (κ1) is 11.3. The number of aromatic amines is 1. The van der Waals surface area contributed by atoms with Crippen LogP contribution in [0, 0.1) is 3.95 Å². The number of hydrogen-bond acceptors (Lipinski definition) is 2. The Labute approximate surface area is 98.6 Å². The summed E-state index contributed by atoms with van der Waals surface area (Å²) in [5.74, 6) is 0. The van der Waals surface area contributed by atoms with E-state index in [1.807, 2.05) is 0 Å². The predicted octanol–water partition coefficient (Wildman–Crippen LogP) is 4.49. The zero-order valence-electron chi connectivity index (χ0n) is 7.84. The molecule has 1 N–H and O–H groups in total. The Morgan fingerprint density at radius 1 is 1.25 bits per heavy atom. The van der Waals surface area contributed by atoms with Gasteiger partial charge in [-0.3, -0.25) is 0 Å². The molecule has 0 fully saturated rings. The molecule has 6 heteroatoms. The summed E-state index contributed by atoms with van der Waals surface area (Å²) < 4.78 is 37.9. The van der Waals surface area contributed by atoms with Crippen LogP contribution in [0.25, 0.3) is 11.3 Å². The average Bonchev–Trinajstić information content (AvgIpc) is 2.64. The van der Waals surface area contributed by atoms with Crippen molar-refractivity contribution < 1.29 is 13.2 Å². The SMILES string of the molecule is FC(F)(F)c1cccc(-c2csc(=S)[nH]2)c1. The predicted molar refractivity (Wildman–Crippen MR) is 59.9 cm³/mol. The minimum absolute atomic E-state index is 0.488. The van der Waals surface area contributed by atoms with Gasteiger partial charge in [0.1, 0.15) is 0 Å². The number of alkyl halides is 3. The largest absolute Gasteiger partial charge is 0.416 e. The lowest BCUT2D eigenvalue weighted by Gasteiger charge is -2.07. The number of rotatable bonds is 1. The molecule has 0 bridgehead atoms. The number of halogens is 3. The lowest BCUT2D eigenvalue weighted by molar-refractivity contribution is -0.137. The molecule has 0 saturated heterocycles. The Morgan fingerprint density at radius 3 is 2.56 bits per heavy atom. The van der Waals surface area contributed by atoms with Crippen molar-refractivity contribution >= 4 is 23.6 Å². The Bertz CT molecular complexity index is 553. The number of thiazole rings is 1. The standard InChI is InChI=1S/C10H6F3NS2/c11-10(12,13)7-3-1-2-6(4-7)8-5-16-9(15)14-8/h1-5H,(H,14,15). The van der Waals surface area contributed by atoms with E-state index >= 15 is 0 Å². The number of nitrogens with one attached hydrogen (secondary N) is 1. The van der Waals surface area contributed by atoms with Crippen molar-refractivity contribution in [3.63, 3.8) is 0 Å². The summed E-state index contributed by atoms with van der Waals surface area (Å²) in [5.41, 5.74) is 0.443. The van der Waals surface area contributed by atoms with Gasteiger partial charge >= 0.3 is 6.18 Å². The van der Waals surface area contributed by atoms with Crippen LogP contribution < -0.4 is 0 Å². The number of H-pyrrole nitrogens is 1. The molecule has 2 rings (SSSR count). The summed E-state index contributed by atoms with van der Waals surface area (Å²) >= 11 is 6.17. The zero-order chi connectivity index (χ0) is 11.8. The number of hydrogen-bond donors (Lipinski definition) is 1. The third-order valence-electron chi connectivity index (χ3n) is 2.02. The van der Waals surface area contributed by atoms with E-state index in [9.17, 15) is 13.2 Å². The second-order valence-corrected chi connectivity index (χ2v) is 4.69. The first-order valence-electron chi connectivity index (χ1n) is 4.32. The van der Waals surface area contributed by atoms with Gasteiger partial charge in [0.25, 0.3) is 0 Å². The number of aromatic nitrogens is 1. The van der Waals surface area contributed by atoms with Gasteiger partial charge in [-0.05, 0) is 29.9 Å². The maximum Gasteiger partial charge on any atom is 0.416 e. The molecule has 1 nitrogen and oxygen atoms in total. The average molecular weight is 261 g/mol. The highest BCUT2D eigenvalue weighted by molar-refractivity contribution is 7.73. The quantitative estimate of drug-likeness (QED) is 0.748. The van der Waals surface area contributed by atoms with E-state index in [0.29, 0.717) is 15.2 Å². The molecular formula is C10H6F3NS2. The fourth-order valence-corrected chi connectivity index (χ4v) is 2.13. The van der Waals surface area contributed by atoms with E-state index in [0.717, 1.165) is 12.1 Å². The molecule has 84 valence electrons. The van der Waals surface area contributed by atoms with E-state index < -0.39 is 11.7 Å². The second-order valence-electron chi connectivity index (χ2n) is 3.14. The molecule has 0 aliphatic rings. The molecule has 0 atom stereocenters. The van der Waals surface area contributed by atoms with E-state index in [1.165, 1.54) is 17.4 Å². The van der Waals surface area contributed by atoms with Crippen molar-refractivity contribution in [3.05, 3.63) is 39.2 Å². The van der Waals surface area contributed by atoms with Crippen LogP contribution in [0.5, 0.6) is 0 Å². The minimum atomic E-state index is -4.32. The van der Waals surface area contributed by atoms with Gasteiger partial charge in [0.2, 0.25) is 0 Å². The lowest BCUT2D eigenvalue weighted by atomic mass is 10.1. The molecular weight excluding hydrogens is 255 g/mol. The highest BCUT2D eigenvalue weighted by atomic mass is 32.1. The molecule has 2 aromatic rings. The Hall–Kier alpha value is -1.14. The molecule has 1 aromatic heterocycles. The van der Waals surface area contributed by atoms with Crippen LogP contribution in [0.3, 0.4) is 0 Å². The topological polar surface area (TPSA) is 15.8 Å². The Morgan fingerprint density at radius 2 is 2.00 bits per heavy atom. The highest BCUT2D eigenvalue weighted by Gasteiger charge is 2.30. The fourth-order valence-electron chi connectivity index (χ4n) is 1.28. The third kappa shape index (κ3) is 2.33. The molecule has 0 aliphatic heterocycles. The monoisotopic (exact) mass is 261 g/mol. The molecule has 0 aliphatic carbocycles. The first-order chi connectivity index (χ1) is 7.47. The van der Waals surface area contributed by atoms with Crippen molar-refractivity contribution in [2.45, 2.75) is 6.18 Å². The summed E-state index contributed by atoms with van der Waals surface area (Å²) in [5, 5.41) is 1.71. The summed E-state index contributed by atoms with van der Waals surface area (Å²) in [7, 11) is 0. The van der Waals surface area contributed by atoms with Crippen molar-refractivity contribution in [2.24, 2.45) is 0 Å². The van der Waals surface area contributed by atoms with E-state index in [4.69, 9.17) is 12.2 Å². The summed E-state index contributed by atoms with van der Waals surface area (Å²) in [4.78, 5) is 2.84. The molecule has 0 unspecified atom stereocenters. The van der Waals surface area contributed by atoms with Gasteiger partial charge in [-0.2, -0.15) is 13.2 Å². The molecule has 1 aromatic carbocycles. The summed E-state index contributed by atoms with van der Waals surface area (Å²) in [6, 6.07) is 5.15. The van der Waals surface area contributed by atoms with Crippen LogP contribution in [0.1, 0.15) is 5.56 Å². The summed E-state index contributed by atoms with van der Waals surface area (Å²) in [6.07, 6.45) is -4.32. The Kier molecular flexibility index (Phi) is 2.86. The van der Waals surface area contributed by atoms with E-state index in [2.05, 4.69) is 4.98 Å². The van der Waals surface area contributed by atoms with Crippen LogP contribution in [0.4, 0.5) is 13.2 Å². The van der Waals surface area contributed by atoms with Gasteiger partial charge in [0, 0.05) is 5.38 Å². The molecule has 0 amide bonds. The van der Waals surface area contributed by atoms with E-state index in [1.54, 1.807) is 11.4 Å². The van der Waals surface area contributed by atoms with Crippen LogP contribution >= 0.6 is 23.6 Å². The molecule has 0 saturated carbocycles. The van der Waals surface area contributed by atoms with Gasteiger partial charge in [0.15, 0.2) is 3.95 Å². The molecule has 16 heavy (non-hydrogen) atoms. The van der Waals surface area contributed by atoms with Crippen LogP contribution in [-0.2, 0) is 6.18 Å². The van der Waals surface area contributed by atoms with Crippen molar-refractivity contribution in [2.75, 3.05) is 0 Å². The van der Waals surface area contributed by atoms with Gasteiger partial charge in [-0.15, -0.1) is 11.3 Å². The van der Waals surface area contributed by atoms with Gasteiger partial charge in [0.05, 0.1) is 11.3 Å². The van der Waals surface area contributed by atoms with Crippen LogP contribution in [-0.4, -0.2) is 4.98 Å². The van der Waals surface area contributed by atoms with E-state index in [-0.39, 0.29) is 0 Å². The first-order valence-corrected chi connectivity index (χ1v) is 5.61. The van der Waals surface area contributed by atoms with Gasteiger partial charge < -0.3 is 4.98 Å². The maximum atomic E-state index is 12.5. The molecule has 0 spiro atoms. The normalized spacial score (nSPS) is 11.7. The van der Waals surface area contributed by atoms with Crippen molar-refractivity contribution in [1.29, 1.82) is 0 Å². The lowest BCUT2D eigenvalue weighted by Crippen LogP contribution is -2.04. The molecule has 0 radical (unpaired) electrons. The smallest absolute Gasteiger partial charge is 0.337 e. The van der Waals surface area contributed by atoms with Gasteiger partial charge in [-0.25, -0.2) is 0 Å². The number of benzene rings is 1. The zero-order valence-corrected chi connectivity index (χ0v) is 9.47. The molecule has 1 heterocycles. The highest BCUT2D eigenvalue weighted by Crippen LogP contribution is 2.32. The third-order valence-corrected chi connectivity index (χ3v) is 3.08. The summed E-state index contributed by atoms with van der Waals surface area (Å²) in [6.45, 7) is 0. The Balaban J connectivity index is 2.48. The fraction of sp³-hybridized carbons (Fsp3) is 0.100. The second kappa shape index (κ2) is 4.03. The van der Waals surface area contributed by atoms with Crippen LogP contribution in [0.2, 0.25) is 0 Å². The van der Waals surface area contributed by atoms with Crippen molar-refractivity contribution in [1.82, 2.24) is 4.98 Å². The minimum Gasteiger partial charge on any atom is -0.337 e. The van der Waals surface area contributed by atoms with Gasteiger partial charge in [-0.1, -0.05) is 12.1 Å². The maximum absolute atomic E-state index is 12.5. The van der Waals surface area contributed by atoms with Crippen LogP contribution in [0.15, 0.2) is 29.6 Å².